The molecular formula is C17H20N2O2. The van der Waals surface area contributed by atoms with Crippen LogP contribution in [0, 0.1) is 0 Å². The van der Waals surface area contributed by atoms with Gasteiger partial charge in [0.1, 0.15) is 5.75 Å². The van der Waals surface area contributed by atoms with Crippen molar-refractivity contribution in [3.8, 4) is 5.75 Å². The number of aryl methyl sites for hydroxylation is 1. The molecule has 4 heteroatoms. The molecule has 21 heavy (non-hydrogen) atoms. The van der Waals surface area contributed by atoms with Crippen LogP contribution in [0.3, 0.4) is 0 Å². The van der Waals surface area contributed by atoms with E-state index < -0.39 is 0 Å². The van der Waals surface area contributed by atoms with E-state index in [9.17, 15) is 4.79 Å². The Morgan fingerprint density at radius 2 is 1.86 bits per heavy atom. The van der Waals surface area contributed by atoms with Gasteiger partial charge in [0.2, 0.25) is 0 Å². The molecule has 0 spiro atoms. The van der Waals surface area contributed by atoms with Crippen molar-refractivity contribution in [1.82, 2.24) is 0 Å². The van der Waals surface area contributed by atoms with Crippen molar-refractivity contribution in [3.63, 3.8) is 0 Å². The maximum Gasteiger partial charge on any atom is 0.255 e. The minimum absolute atomic E-state index is 0.201. The van der Waals surface area contributed by atoms with Crippen molar-refractivity contribution in [1.29, 1.82) is 0 Å². The molecule has 2 aromatic rings. The van der Waals surface area contributed by atoms with E-state index in [0.29, 0.717) is 23.6 Å². The highest BCUT2D eigenvalue weighted by molar-refractivity contribution is 6.05. The van der Waals surface area contributed by atoms with Gasteiger partial charge in [0.25, 0.3) is 5.91 Å². The highest BCUT2D eigenvalue weighted by Gasteiger charge is 2.09. The van der Waals surface area contributed by atoms with Crippen molar-refractivity contribution in [2.45, 2.75) is 20.3 Å². The molecule has 0 saturated heterocycles. The maximum atomic E-state index is 12.3. The van der Waals surface area contributed by atoms with E-state index in [1.54, 1.807) is 18.2 Å². The molecule has 0 saturated carbocycles. The monoisotopic (exact) mass is 284 g/mol. The van der Waals surface area contributed by atoms with E-state index in [1.165, 1.54) is 5.56 Å². The van der Waals surface area contributed by atoms with Crippen LogP contribution in [0.5, 0.6) is 5.75 Å². The van der Waals surface area contributed by atoms with E-state index in [-0.39, 0.29) is 5.91 Å². The van der Waals surface area contributed by atoms with Crippen molar-refractivity contribution in [2.75, 3.05) is 17.7 Å². The summed E-state index contributed by atoms with van der Waals surface area (Å²) < 4.78 is 5.40. The summed E-state index contributed by atoms with van der Waals surface area (Å²) >= 11 is 0. The average Bonchev–Trinajstić information content (AvgIpc) is 2.48. The van der Waals surface area contributed by atoms with Gasteiger partial charge >= 0.3 is 0 Å². The van der Waals surface area contributed by atoms with Crippen LogP contribution < -0.4 is 15.8 Å². The standard InChI is InChI=1S/C17H20N2O2/c1-3-12-5-7-15(8-6-12)19-17(20)13-9-14(18)11-16(10-13)21-4-2/h5-11H,3-4,18H2,1-2H3,(H,19,20). The largest absolute Gasteiger partial charge is 0.494 e. The van der Waals surface area contributed by atoms with Crippen LogP contribution in [-0.4, -0.2) is 12.5 Å². The highest BCUT2D eigenvalue weighted by Crippen LogP contribution is 2.20. The second-order valence-corrected chi connectivity index (χ2v) is 4.73. The molecule has 0 aliphatic carbocycles. The summed E-state index contributed by atoms with van der Waals surface area (Å²) in [6.45, 7) is 4.51. The van der Waals surface area contributed by atoms with E-state index >= 15 is 0 Å². The molecule has 0 aliphatic rings. The minimum atomic E-state index is -0.201. The summed E-state index contributed by atoms with van der Waals surface area (Å²) in [5.74, 6) is 0.400. The Bertz CT molecular complexity index is 621. The molecule has 0 bridgehead atoms. The Kier molecular flexibility index (Phi) is 4.82. The fourth-order valence-electron chi connectivity index (χ4n) is 2.03. The van der Waals surface area contributed by atoms with Crippen LogP contribution in [0.2, 0.25) is 0 Å². The second-order valence-electron chi connectivity index (χ2n) is 4.73. The number of nitrogens with two attached hydrogens (primary N) is 1. The zero-order valence-electron chi connectivity index (χ0n) is 12.3. The molecule has 0 fully saturated rings. The van der Waals surface area contributed by atoms with Crippen LogP contribution in [0.1, 0.15) is 29.8 Å². The molecule has 0 heterocycles. The zero-order chi connectivity index (χ0) is 15.2. The molecule has 110 valence electrons. The Hall–Kier alpha value is -2.49. The Labute approximate surface area is 124 Å². The molecule has 1 amide bonds. The van der Waals surface area contributed by atoms with Gasteiger partial charge in [-0.3, -0.25) is 4.79 Å². The van der Waals surface area contributed by atoms with Crippen molar-refractivity contribution in [2.24, 2.45) is 0 Å². The Morgan fingerprint density at radius 1 is 1.14 bits per heavy atom. The number of ether oxygens (including phenoxy) is 1. The number of benzene rings is 2. The number of rotatable bonds is 5. The quantitative estimate of drug-likeness (QED) is 0.826. The summed E-state index contributed by atoms with van der Waals surface area (Å²) in [4.78, 5) is 12.3. The smallest absolute Gasteiger partial charge is 0.255 e. The third kappa shape index (κ3) is 3.99. The first-order chi connectivity index (χ1) is 10.1. The van der Waals surface area contributed by atoms with Crippen LogP contribution in [0.15, 0.2) is 42.5 Å². The van der Waals surface area contributed by atoms with Crippen LogP contribution in [0.25, 0.3) is 0 Å². The molecule has 0 aliphatic heterocycles. The number of carbonyl (C=O) groups is 1. The Morgan fingerprint density at radius 3 is 2.48 bits per heavy atom. The van der Waals surface area contributed by atoms with Crippen LogP contribution in [0.4, 0.5) is 11.4 Å². The number of amides is 1. The first-order valence-electron chi connectivity index (χ1n) is 7.06. The molecule has 0 aromatic heterocycles. The lowest BCUT2D eigenvalue weighted by atomic mass is 10.1. The SMILES string of the molecule is CCOc1cc(N)cc(C(=O)Nc2ccc(CC)cc2)c1. The van der Waals surface area contributed by atoms with Crippen LogP contribution >= 0.6 is 0 Å². The molecule has 3 N–H and O–H groups in total. The molecule has 0 unspecified atom stereocenters. The summed E-state index contributed by atoms with van der Waals surface area (Å²) in [5.41, 5.74) is 8.78. The van der Waals surface area contributed by atoms with E-state index in [4.69, 9.17) is 10.5 Å². The lowest BCUT2D eigenvalue weighted by molar-refractivity contribution is 0.102. The molecule has 0 radical (unpaired) electrons. The van der Waals surface area contributed by atoms with Crippen molar-refractivity contribution >= 4 is 17.3 Å². The van der Waals surface area contributed by atoms with Gasteiger partial charge in [-0.25, -0.2) is 0 Å². The summed E-state index contributed by atoms with van der Waals surface area (Å²) in [6, 6.07) is 12.8. The predicted molar refractivity (Wildman–Crippen MR) is 85.8 cm³/mol. The average molecular weight is 284 g/mol. The van der Waals surface area contributed by atoms with Gasteiger partial charge in [-0.1, -0.05) is 19.1 Å². The molecular weight excluding hydrogens is 264 g/mol. The lowest BCUT2D eigenvalue weighted by Crippen LogP contribution is -2.12. The van der Waals surface area contributed by atoms with E-state index in [0.717, 1.165) is 12.1 Å². The third-order valence-electron chi connectivity index (χ3n) is 3.12. The van der Waals surface area contributed by atoms with E-state index in [1.807, 2.05) is 31.2 Å². The van der Waals surface area contributed by atoms with Crippen molar-refractivity contribution in [3.05, 3.63) is 53.6 Å². The number of hydrogen-bond donors (Lipinski definition) is 2. The third-order valence-corrected chi connectivity index (χ3v) is 3.12. The molecule has 0 atom stereocenters. The molecule has 2 rings (SSSR count). The Balaban J connectivity index is 2.15. The normalized spacial score (nSPS) is 10.2. The lowest BCUT2D eigenvalue weighted by Gasteiger charge is -2.09. The molecule has 4 nitrogen and oxygen atoms in total. The summed E-state index contributed by atoms with van der Waals surface area (Å²) in [6.07, 6.45) is 0.973. The molecule has 2 aromatic carbocycles. The number of nitrogen functional groups attached to an aromatic ring is 1. The van der Waals surface area contributed by atoms with Gasteiger partial charge in [-0.15, -0.1) is 0 Å². The number of nitrogens with one attached hydrogen (secondary N) is 1. The van der Waals surface area contributed by atoms with E-state index in [2.05, 4.69) is 12.2 Å². The first-order valence-corrected chi connectivity index (χ1v) is 7.06. The summed E-state index contributed by atoms with van der Waals surface area (Å²) in [7, 11) is 0. The topological polar surface area (TPSA) is 64.3 Å². The van der Waals surface area contributed by atoms with Gasteiger partial charge in [0.05, 0.1) is 6.61 Å². The predicted octanol–water partition coefficient (Wildman–Crippen LogP) is 3.48. The fourth-order valence-corrected chi connectivity index (χ4v) is 2.03. The van der Waals surface area contributed by atoms with Crippen LogP contribution in [-0.2, 0) is 6.42 Å². The number of hydrogen-bond acceptors (Lipinski definition) is 3. The van der Waals surface area contributed by atoms with Gasteiger partial charge in [-0.05, 0) is 43.2 Å². The fraction of sp³-hybridized carbons (Fsp3) is 0.235. The van der Waals surface area contributed by atoms with Gasteiger partial charge < -0.3 is 15.8 Å². The van der Waals surface area contributed by atoms with Gasteiger partial charge in [-0.2, -0.15) is 0 Å². The highest BCUT2D eigenvalue weighted by atomic mass is 16.5. The second kappa shape index (κ2) is 6.79. The van der Waals surface area contributed by atoms with Gasteiger partial charge in [0.15, 0.2) is 0 Å². The first kappa shape index (κ1) is 14.9. The number of anilines is 2. The summed E-state index contributed by atoms with van der Waals surface area (Å²) in [5, 5.41) is 2.86. The number of carbonyl (C=O) groups excluding carboxylic acids is 1. The van der Waals surface area contributed by atoms with Gasteiger partial charge in [0, 0.05) is 23.0 Å². The maximum absolute atomic E-state index is 12.3. The zero-order valence-corrected chi connectivity index (χ0v) is 12.3. The minimum Gasteiger partial charge on any atom is -0.494 e. The van der Waals surface area contributed by atoms with Crippen molar-refractivity contribution < 1.29 is 9.53 Å².